The van der Waals surface area contributed by atoms with Crippen LogP contribution in [0, 0.1) is 0 Å². The summed E-state index contributed by atoms with van der Waals surface area (Å²) in [5, 5.41) is 3.51. The summed E-state index contributed by atoms with van der Waals surface area (Å²) in [4.78, 5) is 26.9. The predicted octanol–water partition coefficient (Wildman–Crippen LogP) is 3.49. The molecule has 2 atom stereocenters. The van der Waals surface area contributed by atoms with E-state index in [0.717, 1.165) is 44.3 Å². The molecule has 1 aliphatic carbocycles. The molecule has 2 aromatic carbocycles. The maximum absolute atomic E-state index is 13.0. The van der Waals surface area contributed by atoms with Gasteiger partial charge in [-0.15, -0.1) is 0 Å². The Balaban J connectivity index is 1.72. The molecule has 1 N–H and O–H groups in total. The molecule has 0 radical (unpaired) electrons. The molecule has 1 fully saturated rings. The van der Waals surface area contributed by atoms with Crippen molar-refractivity contribution in [3.63, 3.8) is 0 Å². The van der Waals surface area contributed by atoms with Crippen molar-refractivity contribution in [2.45, 2.75) is 55.5 Å². The number of esters is 1. The number of hydrogen-bond donors (Lipinski definition) is 1. The normalized spacial score (nSPS) is 25.8. The lowest BCUT2D eigenvalue weighted by molar-refractivity contribution is -0.142. The molecule has 2 heterocycles. The molecular weight excluding hydrogens is 388 g/mol. The second-order valence-electron chi connectivity index (χ2n) is 9.23. The first-order chi connectivity index (χ1) is 15.1. The first-order valence-corrected chi connectivity index (χ1v) is 11.3. The van der Waals surface area contributed by atoms with Crippen molar-refractivity contribution in [1.29, 1.82) is 0 Å². The summed E-state index contributed by atoms with van der Waals surface area (Å²) in [5.74, 6) is -0.203. The molecule has 0 saturated carbocycles. The number of aldehydes is 1. The zero-order valence-electron chi connectivity index (χ0n) is 18.1. The van der Waals surface area contributed by atoms with E-state index in [1.54, 1.807) is 0 Å². The van der Waals surface area contributed by atoms with E-state index in [1.807, 2.05) is 12.1 Å². The Morgan fingerprint density at radius 1 is 1.13 bits per heavy atom. The fourth-order valence-electron chi connectivity index (χ4n) is 6.55. The lowest BCUT2D eigenvalue weighted by atomic mass is 9.72. The molecule has 31 heavy (non-hydrogen) atoms. The Morgan fingerprint density at radius 2 is 1.84 bits per heavy atom. The fourth-order valence-corrected chi connectivity index (χ4v) is 6.55. The third-order valence-electron chi connectivity index (χ3n) is 7.78. The van der Waals surface area contributed by atoms with Crippen LogP contribution in [0.3, 0.4) is 0 Å². The van der Waals surface area contributed by atoms with E-state index in [4.69, 9.17) is 4.74 Å². The Morgan fingerprint density at radius 3 is 2.58 bits per heavy atom. The summed E-state index contributed by atoms with van der Waals surface area (Å²) in [7, 11) is 1.47. The molecule has 3 aliphatic rings. The van der Waals surface area contributed by atoms with Crippen LogP contribution in [0.1, 0.15) is 48.8 Å². The highest BCUT2D eigenvalue weighted by Crippen LogP contribution is 2.59. The molecule has 1 spiro atoms. The monoisotopic (exact) mass is 418 g/mol. The Hall–Kier alpha value is -2.66. The molecule has 2 aromatic rings. The topological polar surface area (TPSA) is 58.6 Å². The van der Waals surface area contributed by atoms with Crippen LogP contribution in [-0.4, -0.2) is 38.5 Å². The van der Waals surface area contributed by atoms with Crippen molar-refractivity contribution >= 4 is 17.9 Å². The van der Waals surface area contributed by atoms with Gasteiger partial charge in [-0.25, -0.2) is 4.79 Å². The molecule has 5 nitrogen and oxygen atoms in total. The second kappa shape index (κ2) is 7.79. The summed E-state index contributed by atoms with van der Waals surface area (Å²) in [6, 6.07) is 16.7. The first kappa shape index (κ1) is 20.3. The average molecular weight is 419 g/mol. The van der Waals surface area contributed by atoms with Crippen molar-refractivity contribution in [2.24, 2.45) is 0 Å². The van der Waals surface area contributed by atoms with Crippen LogP contribution in [-0.2, 0) is 31.7 Å². The van der Waals surface area contributed by atoms with E-state index < -0.39 is 5.54 Å². The number of hydrogen-bond acceptors (Lipinski definition) is 5. The number of nitrogens with one attached hydrogen (secondary N) is 1. The van der Waals surface area contributed by atoms with Gasteiger partial charge >= 0.3 is 5.97 Å². The van der Waals surface area contributed by atoms with E-state index in [0.29, 0.717) is 19.3 Å². The quantitative estimate of drug-likeness (QED) is 0.595. The summed E-state index contributed by atoms with van der Waals surface area (Å²) < 4.78 is 5.27. The molecule has 5 rings (SSSR count). The lowest BCUT2D eigenvalue weighted by Gasteiger charge is -2.46. The largest absolute Gasteiger partial charge is 0.467 e. The van der Waals surface area contributed by atoms with E-state index in [1.165, 1.54) is 23.8 Å². The van der Waals surface area contributed by atoms with Crippen LogP contribution < -0.4 is 10.2 Å². The number of piperidine rings is 1. The minimum absolute atomic E-state index is 0.0724. The number of para-hydroxylation sites is 1. The van der Waals surface area contributed by atoms with Gasteiger partial charge in [0.15, 0.2) is 0 Å². The first-order valence-electron chi connectivity index (χ1n) is 11.3. The molecule has 2 aliphatic heterocycles. The number of benzene rings is 2. The van der Waals surface area contributed by atoms with Crippen molar-refractivity contribution in [2.75, 3.05) is 25.1 Å². The molecule has 5 heteroatoms. The van der Waals surface area contributed by atoms with Crippen LogP contribution in [0.15, 0.2) is 48.5 Å². The van der Waals surface area contributed by atoms with Crippen molar-refractivity contribution in [3.8, 4) is 0 Å². The van der Waals surface area contributed by atoms with Crippen molar-refractivity contribution in [3.05, 3.63) is 65.2 Å². The summed E-state index contributed by atoms with van der Waals surface area (Å²) in [6.07, 6.45) is 5.90. The lowest BCUT2D eigenvalue weighted by Crippen LogP contribution is -2.53. The summed E-state index contributed by atoms with van der Waals surface area (Å²) in [6.45, 7) is 1.99. The third kappa shape index (κ3) is 3.01. The number of rotatable bonds is 5. The van der Waals surface area contributed by atoms with Gasteiger partial charge in [-0.1, -0.05) is 42.5 Å². The highest BCUT2D eigenvalue weighted by molar-refractivity contribution is 5.85. The van der Waals surface area contributed by atoms with E-state index in [-0.39, 0.29) is 17.4 Å². The number of fused-ring (bicyclic) bond motifs is 3. The fraction of sp³-hybridized carbons (Fsp3) is 0.462. The number of ether oxygens (including phenoxy) is 1. The molecule has 0 amide bonds. The molecular formula is C26H30N2O3. The minimum atomic E-state index is -0.402. The average Bonchev–Trinajstić information content (AvgIpc) is 3.33. The third-order valence-corrected chi connectivity index (χ3v) is 7.78. The number of carbonyl (C=O) groups is 2. The summed E-state index contributed by atoms with van der Waals surface area (Å²) >= 11 is 0. The maximum Gasteiger partial charge on any atom is 0.328 e. The van der Waals surface area contributed by atoms with Gasteiger partial charge in [-0.2, -0.15) is 0 Å². The van der Waals surface area contributed by atoms with E-state index >= 15 is 0 Å². The zero-order valence-corrected chi connectivity index (χ0v) is 18.1. The highest BCUT2D eigenvalue weighted by Gasteiger charge is 2.58. The minimum Gasteiger partial charge on any atom is -0.467 e. The number of carbonyl (C=O) groups excluding carboxylic acids is 2. The van der Waals surface area contributed by atoms with Gasteiger partial charge in [0.1, 0.15) is 12.3 Å². The molecule has 2 unspecified atom stereocenters. The van der Waals surface area contributed by atoms with Crippen LogP contribution >= 0.6 is 0 Å². The Bertz CT molecular complexity index is 998. The summed E-state index contributed by atoms with van der Waals surface area (Å²) in [5.41, 5.74) is 4.62. The smallest absolute Gasteiger partial charge is 0.328 e. The Labute approximate surface area is 183 Å². The van der Waals surface area contributed by atoms with E-state index in [2.05, 4.69) is 46.6 Å². The number of methoxy groups -OCH3 is 1. The van der Waals surface area contributed by atoms with Crippen molar-refractivity contribution < 1.29 is 14.3 Å². The molecule has 1 saturated heterocycles. The number of nitrogens with zero attached hydrogens (tertiary/aromatic N) is 1. The SMILES string of the molecule is COC(=O)C1Cc2ccccc2N1C1(CCC=O)CC2(CCNCC2)c2ccccc21. The zero-order chi connectivity index (χ0) is 21.5. The van der Waals surface area contributed by atoms with Crippen molar-refractivity contribution in [1.82, 2.24) is 5.32 Å². The Kier molecular flexibility index (Phi) is 5.09. The van der Waals surface area contributed by atoms with Gasteiger partial charge in [-0.05, 0) is 61.5 Å². The van der Waals surface area contributed by atoms with Crippen LogP contribution in [0.4, 0.5) is 5.69 Å². The van der Waals surface area contributed by atoms with Crippen LogP contribution in [0.25, 0.3) is 0 Å². The standard InChI is InChI=1S/C26H30N2O3/c1-31-24(30)23-17-19-7-2-5-10-22(19)28(23)26(11-6-16-29)18-25(12-14-27-15-13-25)20-8-3-4-9-21(20)26/h2-5,7-10,16,23,27H,6,11-15,17-18H2,1H3. The molecule has 0 aromatic heterocycles. The molecule has 162 valence electrons. The van der Waals surface area contributed by atoms with Gasteiger partial charge in [0.05, 0.1) is 12.6 Å². The van der Waals surface area contributed by atoms with Crippen LogP contribution in [0.2, 0.25) is 0 Å². The maximum atomic E-state index is 13.0. The van der Waals surface area contributed by atoms with Gasteiger partial charge in [0.2, 0.25) is 0 Å². The number of anilines is 1. The van der Waals surface area contributed by atoms with E-state index in [9.17, 15) is 9.59 Å². The van der Waals surface area contributed by atoms with Gasteiger partial charge in [0.25, 0.3) is 0 Å². The van der Waals surface area contributed by atoms with Gasteiger partial charge in [0, 0.05) is 23.9 Å². The molecule has 0 bridgehead atoms. The predicted molar refractivity (Wildman–Crippen MR) is 120 cm³/mol. The van der Waals surface area contributed by atoms with Gasteiger partial charge < -0.3 is 19.7 Å². The van der Waals surface area contributed by atoms with Crippen LogP contribution in [0.5, 0.6) is 0 Å². The second-order valence-corrected chi connectivity index (χ2v) is 9.23. The van der Waals surface area contributed by atoms with Gasteiger partial charge in [-0.3, -0.25) is 0 Å². The highest BCUT2D eigenvalue weighted by atomic mass is 16.5.